The van der Waals surface area contributed by atoms with Crippen LogP contribution < -0.4 is 9.47 Å². The van der Waals surface area contributed by atoms with Crippen molar-refractivity contribution in [3.8, 4) is 17.2 Å². The van der Waals surface area contributed by atoms with E-state index < -0.39 is 5.97 Å². The highest BCUT2D eigenvalue weighted by atomic mass is 79.9. The Bertz CT molecular complexity index is 1090. The van der Waals surface area contributed by atoms with Crippen molar-refractivity contribution in [1.29, 1.82) is 0 Å². The number of aliphatic imine (C=N–C) groups is 1. The van der Waals surface area contributed by atoms with Crippen LogP contribution in [0.2, 0.25) is 5.02 Å². The fraction of sp³-hybridized carbons (Fsp3) is 0.0435. The van der Waals surface area contributed by atoms with E-state index in [-0.39, 0.29) is 11.5 Å². The molecule has 3 aromatic rings. The maximum absolute atomic E-state index is 12.2. The molecule has 0 fully saturated rings. The van der Waals surface area contributed by atoms with Crippen molar-refractivity contribution in [3.05, 3.63) is 87.4 Å². The van der Waals surface area contributed by atoms with Gasteiger partial charge in [-0.25, -0.2) is 4.79 Å². The van der Waals surface area contributed by atoms with Gasteiger partial charge >= 0.3 is 5.97 Å². The highest BCUT2D eigenvalue weighted by Crippen LogP contribution is 2.36. The molecule has 0 atom stereocenters. The summed E-state index contributed by atoms with van der Waals surface area (Å²) in [4.78, 5) is 16.6. The summed E-state index contributed by atoms with van der Waals surface area (Å²) < 4.78 is 11.4. The lowest BCUT2D eigenvalue weighted by molar-refractivity contribution is -0.129. The van der Waals surface area contributed by atoms with Gasteiger partial charge in [-0.1, -0.05) is 23.7 Å². The maximum Gasteiger partial charge on any atom is 0.336 e. The minimum Gasteiger partial charge on any atom is -0.508 e. The van der Waals surface area contributed by atoms with Gasteiger partial charge in [0.05, 0.1) is 17.3 Å². The maximum atomic E-state index is 12.2. The molecule has 0 heterocycles. The first-order valence-electron chi connectivity index (χ1n) is 8.80. The summed E-state index contributed by atoms with van der Waals surface area (Å²) in [5, 5.41) is 9.96. The Morgan fingerprint density at radius 3 is 2.43 bits per heavy atom. The molecule has 0 radical (unpaired) electrons. The number of carbonyl (C=O) groups is 1. The van der Waals surface area contributed by atoms with Gasteiger partial charge in [0.1, 0.15) is 5.75 Å². The van der Waals surface area contributed by atoms with Crippen LogP contribution in [-0.2, 0) is 4.79 Å². The van der Waals surface area contributed by atoms with E-state index in [0.29, 0.717) is 20.9 Å². The quantitative estimate of drug-likeness (QED) is 0.195. The molecule has 0 saturated heterocycles. The van der Waals surface area contributed by atoms with Crippen molar-refractivity contribution in [1.82, 2.24) is 0 Å². The van der Waals surface area contributed by atoms with Crippen molar-refractivity contribution >= 4 is 51.5 Å². The van der Waals surface area contributed by atoms with Crippen LogP contribution in [0.3, 0.4) is 0 Å². The normalized spacial score (nSPS) is 11.2. The molecule has 3 rings (SSSR count). The SMILES string of the molecule is COc1cc(C=Nc2ccc(O)cc2)cc(Br)c1OC(=O)/C=C/c1ccc(Cl)cc1. The molecule has 3 aromatic carbocycles. The molecule has 0 aliphatic heterocycles. The van der Waals surface area contributed by atoms with Gasteiger partial charge in [-0.3, -0.25) is 4.99 Å². The first-order valence-corrected chi connectivity index (χ1v) is 9.98. The van der Waals surface area contributed by atoms with E-state index in [4.69, 9.17) is 21.1 Å². The monoisotopic (exact) mass is 485 g/mol. The third-order valence-corrected chi connectivity index (χ3v) is 4.79. The molecular weight excluding hydrogens is 470 g/mol. The highest BCUT2D eigenvalue weighted by Gasteiger charge is 2.14. The molecule has 1 N–H and O–H groups in total. The zero-order valence-corrected chi connectivity index (χ0v) is 18.2. The number of hydrogen-bond donors (Lipinski definition) is 1. The summed E-state index contributed by atoms with van der Waals surface area (Å²) in [7, 11) is 1.49. The fourth-order valence-electron chi connectivity index (χ4n) is 2.47. The number of esters is 1. The van der Waals surface area contributed by atoms with E-state index in [1.54, 1.807) is 73.0 Å². The Kier molecular flexibility index (Phi) is 7.27. The average molecular weight is 487 g/mol. The third kappa shape index (κ3) is 5.95. The van der Waals surface area contributed by atoms with E-state index in [2.05, 4.69) is 20.9 Å². The molecule has 0 bridgehead atoms. The predicted octanol–water partition coefficient (Wildman–Crippen LogP) is 6.19. The largest absolute Gasteiger partial charge is 0.508 e. The van der Waals surface area contributed by atoms with Crippen molar-refractivity contribution in [2.24, 2.45) is 4.99 Å². The van der Waals surface area contributed by atoms with E-state index in [9.17, 15) is 9.90 Å². The minimum absolute atomic E-state index is 0.176. The van der Waals surface area contributed by atoms with Gasteiger partial charge in [0.15, 0.2) is 11.5 Å². The number of phenolic OH excluding ortho intramolecular Hbond substituents is 1. The van der Waals surface area contributed by atoms with Crippen LogP contribution in [0.1, 0.15) is 11.1 Å². The van der Waals surface area contributed by atoms with Gasteiger partial charge in [0.2, 0.25) is 0 Å². The van der Waals surface area contributed by atoms with Gasteiger partial charge in [-0.2, -0.15) is 0 Å². The Balaban J connectivity index is 1.75. The number of hydrogen-bond acceptors (Lipinski definition) is 5. The summed E-state index contributed by atoms with van der Waals surface area (Å²) >= 11 is 9.27. The molecule has 0 spiro atoms. The van der Waals surface area contributed by atoms with Gasteiger partial charge in [-0.05, 0) is 81.7 Å². The summed E-state index contributed by atoms with van der Waals surface area (Å²) in [5.74, 6) is 0.277. The third-order valence-electron chi connectivity index (χ3n) is 3.95. The lowest BCUT2D eigenvalue weighted by atomic mass is 10.2. The number of nitrogens with zero attached hydrogens (tertiary/aromatic N) is 1. The lowest BCUT2D eigenvalue weighted by Gasteiger charge is -2.11. The predicted molar refractivity (Wildman–Crippen MR) is 122 cm³/mol. The molecule has 0 aliphatic rings. The second-order valence-electron chi connectivity index (χ2n) is 6.11. The molecule has 152 valence electrons. The number of benzene rings is 3. The molecule has 0 amide bonds. The molecule has 30 heavy (non-hydrogen) atoms. The van der Waals surface area contributed by atoms with Gasteiger partial charge in [0, 0.05) is 17.3 Å². The van der Waals surface area contributed by atoms with E-state index in [0.717, 1.165) is 11.1 Å². The number of halogens is 2. The van der Waals surface area contributed by atoms with Crippen molar-refractivity contribution < 1.29 is 19.4 Å². The van der Waals surface area contributed by atoms with Crippen LogP contribution in [0.15, 0.2) is 76.2 Å². The van der Waals surface area contributed by atoms with Crippen LogP contribution in [0, 0.1) is 0 Å². The van der Waals surface area contributed by atoms with Gasteiger partial charge in [0.25, 0.3) is 0 Å². The number of rotatable bonds is 6. The van der Waals surface area contributed by atoms with Crippen molar-refractivity contribution in [3.63, 3.8) is 0 Å². The Morgan fingerprint density at radius 2 is 1.77 bits per heavy atom. The zero-order valence-electron chi connectivity index (χ0n) is 15.9. The van der Waals surface area contributed by atoms with Crippen molar-refractivity contribution in [2.75, 3.05) is 7.11 Å². The summed E-state index contributed by atoms with van der Waals surface area (Å²) in [6.07, 6.45) is 4.61. The standard InChI is InChI=1S/C23H17BrClNO4/c1-29-21-13-16(14-26-18-7-9-19(27)10-8-18)12-20(24)23(21)30-22(28)11-4-15-2-5-17(25)6-3-15/h2-14,27H,1H3/b11-4+,26-14?. The fourth-order valence-corrected chi connectivity index (χ4v) is 3.14. The molecule has 0 aromatic heterocycles. The second-order valence-corrected chi connectivity index (χ2v) is 7.41. The van der Waals surface area contributed by atoms with Crippen molar-refractivity contribution in [2.45, 2.75) is 0 Å². The number of phenols is 1. The summed E-state index contributed by atoms with van der Waals surface area (Å²) in [5.41, 5.74) is 2.25. The Labute approximate surface area is 187 Å². The molecule has 5 nitrogen and oxygen atoms in total. The van der Waals surface area contributed by atoms with Crippen LogP contribution in [-0.4, -0.2) is 24.4 Å². The first-order chi connectivity index (χ1) is 14.4. The van der Waals surface area contributed by atoms with E-state index in [1.807, 2.05) is 0 Å². The van der Waals surface area contributed by atoms with E-state index >= 15 is 0 Å². The van der Waals surface area contributed by atoms with Gasteiger partial charge in [-0.15, -0.1) is 0 Å². The first kappa shape index (κ1) is 21.6. The van der Waals surface area contributed by atoms with Crippen LogP contribution in [0.4, 0.5) is 5.69 Å². The zero-order chi connectivity index (χ0) is 21.5. The van der Waals surface area contributed by atoms with Crippen LogP contribution in [0.5, 0.6) is 17.2 Å². The van der Waals surface area contributed by atoms with Crippen LogP contribution in [0.25, 0.3) is 6.08 Å². The highest BCUT2D eigenvalue weighted by molar-refractivity contribution is 9.10. The summed E-state index contributed by atoms with van der Waals surface area (Å²) in [6, 6.07) is 17.1. The summed E-state index contributed by atoms with van der Waals surface area (Å²) in [6.45, 7) is 0. The number of methoxy groups -OCH3 is 1. The minimum atomic E-state index is -0.547. The van der Waals surface area contributed by atoms with E-state index in [1.165, 1.54) is 13.2 Å². The Morgan fingerprint density at radius 1 is 1.07 bits per heavy atom. The molecule has 7 heteroatoms. The lowest BCUT2D eigenvalue weighted by Crippen LogP contribution is -2.06. The topological polar surface area (TPSA) is 68.1 Å². The Hall–Kier alpha value is -3.09. The molecule has 0 saturated carbocycles. The molecule has 0 unspecified atom stereocenters. The van der Waals surface area contributed by atoms with Gasteiger partial charge < -0.3 is 14.6 Å². The molecule has 0 aliphatic carbocycles. The number of carbonyl (C=O) groups excluding carboxylic acids is 1. The molecular formula is C23H17BrClNO4. The smallest absolute Gasteiger partial charge is 0.336 e. The number of ether oxygens (including phenoxy) is 2. The second kappa shape index (κ2) is 10.1. The van der Waals surface area contributed by atoms with Crippen LogP contribution >= 0.6 is 27.5 Å². The average Bonchev–Trinajstić information content (AvgIpc) is 2.74. The number of aromatic hydroxyl groups is 1.